The van der Waals surface area contributed by atoms with Crippen molar-refractivity contribution < 1.29 is 4.79 Å². The van der Waals surface area contributed by atoms with E-state index in [1.807, 2.05) is 26.8 Å². The topological polar surface area (TPSA) is 77.8 Å². The monoisotopic (exact) mass is 252 g/mol. The van der Waals surface area contributed by atoms with E-state index in [1.54, 1.807) is 11.3 Å². The third kappa shape index (κ3) is 4.13. The van der Waals surface area contributed by atoms with Gasteiger partial charge in [-0.15, -0.1) is 11.3 Å². The highest BCUT2D eigenvalue weighted by Crippen LogP contribution is 2.23. The Labute approximate surface area is 105 Å². The fourth-order valence-electron chi connectivity index (χ4n) is 1.49. The quantitative estimate of drug-likeness (QED) is 0.768. The lowest BCUT2D eigenvalue weighted by molar-refractivity contribution is -0.120. The number of nitriles is 1. The number of carbonyl (C=O) groups is 1. The minimum Gasteiger partial charge on any atom is -0.342 e. The van der Waals surface area contributed by atoms with Crippen LogP contribution in [0.3, 0.4) is 0 Å². The van der Waals surface area contributed by atoms with Crippen LogP contribution in [-0.2, 0) is 4.79 Å². The van der Waals surface area contributed by atoms with E-state index in [1.165, 1.54) is 0 Å². The molecule has 1 heterocycles. The Balaban J connectivity index is 2.45. The molecular weight excluding hydrogens is 236 g/mol. The van der Waals surface area contributed by atoms with E-state index in [0.29, 0.717) is 0 Å². The summed E-state index contributed by atoms with van der Waals surface area (Å²) in [5.74, 6) is -0.169. The largest absolute Gasteiger partial charge is 0.342 e. The summed E-state index contributed by atoms with van der Waals surface area (Å²) >= 11 is 1.63. The number of nitrogens with one attached hydrogen (secondary N) is 2. The molecule has 0 saturated heterocycles. The molecule has 1 aromatic rings. The zero-order valence-corrected chi connectivity index (χ0v) is 11.0. The zero-order valence-electron chi connectivity index (χ0n) is 10.2. The fourth-order valence-corrected chi connectivity index (χ4v) is 2.44. The molecule has 92 valence electrons. The van der Waals surface area contributed by atoms with E-state index in [9.17, 15) is 4.79 Å². The van der Waals surface area contributed by atoms with Gasteiger partial charge in [0.05, 0.1) is 23.3 Å². The van der Waals surface area contributed by atoms with Crippen LogP contribution in [0.4, 0.5) is 0 Å². The summed E-state index contributed by atoms with van der Waals surface area (Å²) in [6.45, 7) is 6.19. The molecule has 0 aliphatic rings. The Morgan fingerprint density at radius 3 is 2.82 bits per heavy atom. The van der Waals surface area contributed by atoms with Gasteiger partial charge in [-0.05, 0) is 20.8 Å². The Bertz CT molecular complexity index is 435. The predicted molar refractivity (Wildman–Crippen MR) is 66.6 cm³/mol. The van der Waals surface area contributed by atoms with Crippen molar-refractivity contribution in [2.24, 2.45) is 0 Å². The van der Waals surface area contributed by atoms with Crippen LogP contribution in [0, 0.1) is 25.2 Å². The summed E-state index contributed by atoms with van der Waals surface area (Å²) in [7, 11) is 0. The number of amides is 1. The van der Waals surface area contributed by atoms with Crippen molar-refractivity contribution in [1.29, 1.82) is 5.26 Å². The highest BCUT2D eigenvalue weighted by atomic mass is 32.1. The summed E-state index contributed by atoms with van der Waals surface area (Å²) in [4.78, 5) is 16.8. The molecule has 1 amide bonds. The van der Waals surface area contributed by atoms with Gasteiger partial charge in [-0.2, -0.15) is 5.26 Å². The number of nitrogens with zero attached hydrogens (tertiary/aromatic N) is 2. The maximum Gasteiger partial charge on any atom is 0.234 e. The summed E-state index contributed by atoms with van der Waals surface area (Å²) in [6, 6.07) is 1.95. The second kappa shape index (κ2) is 6.33. The summed E-state index contributed by atoms with van der Waals surface area (Å²) < 4.78 is 0. The summed E-state index contributed by atoms with van der Waals surface area (Å²) in [6.07, 6.45) is 0. The van der Waals surface area contributed by atoms with E-state index >= 15 is 0 Å². The van der Waals surface area contributed by atoms with Gasteiger partial charge >= 0.3 is 0 Å². The maximum absolute atomic E-state index is 11.3. The van der Waals surface area contributed by atoms with Crippen LogP contribution in [0.2, 0.25) is 0 Å². The highest BCUT2D eigenvalue weighted by Gasteiger charge is 2.13. The molecule has 0 spiro atoms. The van der Waals surface area contributed by atoms with Crippen molar-refractivity contribution in [3.8, 4) is 6.07 Å². The minimum absolute atomic E-state index is 0.0492. The van der Waals surface area contributed by atoms with Crippen LogP contribution in [0.1, 0.15) is 28.5 Å². The molecule has 5 nitrogen and oxygen atoms in total. The van der Waals surface area contributed by atoms with Crippen molar-refractivity contribution in [3.05, 3.63) is 15.6 Å². The van der Waals surface area contributed by atoms with Gasteiger partial charge in [0, 0.05) is 10.9 Å². The number of hydrogen-bond acceptors (Lipinski definition) is 5. The number of hydrogen-bond donors (Lipinski definition) is 2. The molecule has 1 rings (SSSR count). The number of thiazole rings is 1. The lowest BCUT2D eigenvalue weighted by Crippen LogP contribution is -2.35. The van der Waals surface area contributed by atoms with E-state index in [4.69, 9.17) is 5.26 Å². The molecule has 0 saturated carbocycles. The normalized spacial score (nSPS) is 11.9. The van der Waals surface area contributed by atoms with Crippen molar-refractivity contribution in [2.75, 3.05) is 13.1 Å². The molecular formula is C11H16N4OS. The SMILES string of the molecule is Cc1nc(C)c(C(C)NCC(=O)NCC#N)s1. The van der Waals surface area contributed by atoms with Crippen LogP contribution >= 0.6 is 11.3 Å². The van der Waals surface area contributed by atoms with Crippen molar-refractivity contribution in [3.63, 3.8) is 0 Å². The van der Waals surface area contributed by atoms with Gasteiger partial charge in [-0.1, -0.05) is 0 Å². The van der Waals surface area contributed by atoms with Crippen LogP contribution < -0.4 is 10.6 Å². The fraction of sp³-hybridized carbons (Fsp3) is 0.545. The molecule has 1 atom stereocenters. The number of rotatable bonds is 5. The molecule has 0 fully saturated rings. The molecule has 0 radical (unpaired) electrons. The second-order valence-electron chi connectivity index (χ2n) is 3.72. The van der Waals surface area contributed by atoms with Crippen LogP contribution in [-0.4, -0.2) is 24.0 Å². The predicted octanol–water partition coefficient (Wildman–Crippen LogP) is 1.05. The molecule has 0 aliphatic carbocycles. The van der Waals surface area contributed by atoms with Crippen LogP contribution in [0.5, 0.6) is 0 Å². The average molecular weight is 252 g/mol. The van der Waals surface area contributed by atoms with Gasteiger partial charge < -0.3 is 10.6 Å². The molecule has 0 aliphatic heterocycles. The third-order valence-corrected chi connectivity index (χ3v) is 3.52. The van der Waals surface area contributed by atoms with Crippen molar-refractivity contribution >= 4 is 17.2 Å². The summed E-state index contributed by atoms with van der Waals surface area (Å²) in [5.41, 5.74) is 1.00. The molecule has 17 heavy (non-hydrogen) atoms. The smallest absolute Gasteiger partial charge is 0.234 e. The molecule has 0 aromatic carbocycles. The van der Waals surface area contributed by atoms with Gasteiger partial charge in [0.15, 0.2) is 0 Å². The molecule has 0 bridgehead atoms. The first-order valence-corrected chi connectivity index (χ1v) is 6.17. The minimum atomic E-state index is -0.169. The Kier molecular flexibility index (Phi) is 5.07. The second-order valence-corrected chi connectivity index (χ2v) is 4.95. The molecule has 2 N–H and O–H groups in total. The van der Waals surface area contributed by atoms with Gasteiger partial charge in [0.1, 0.15) is 6.54 Å². The Morgan fingerprint density at radius 2 is 2.29 bits per heavy atom. The lowest BCUT2D eigenvalue weighted by Gasteiger charge is -2.12. The highest BCUT2D eigenvalue weighted by molar-refractivity contribution is 7.11. The Morgan fingerprint density at radius 1 is 1.59 bits per heavy atom. The third-order valence-electron chi connectivity index (χ3n) is 2.27. The van der Waals surface area contributed by atoms with Crippen LogP contribution in [0.25, 0.3) is 0 Å². The van der Waals surface area contributed by atoms with E-state index in [-0.39, 0.29) is 25.0 Å². The Hall–Kier alpha value is -1.45. The van der Waals surface area contributed by atoms with Gasteiger partial charge in [-0.3, -0.25) is 4.79 Å². The molecule has 6 heteroatoms. The first kappa shape index (κ1) is 13.6. The maximum atomic E-state index is 11.3. The standard InChI is InChI=1S/C11H16N4OS/c1-7(11-8(2)15-9(3)17-11)14-6-10(16)13-5-4-12/h7,14H,5-6H2,1-3H3,(H,13,16). The average Bonchev–Trinajstić information content (AvgIpc) is 2.62. The van der Waals surface area contributed by atoms with Gasteiger partial charge in [0.2, 0.25) is 5.91 Å². The van der Waals surface area contributed by atoms with Gasteiger partial charge in [-0.25, -0.2) is 4.98 Å². The van der Waals surface area contributed by atoms with Crippen molar-refractivity contribution in [2.45, 2.75) is 26.8 Å². The zero-order chi connectivity index (χ0) is 12.8. The van der Waals surface area contributed by atoms with E-state index in [0.717, 1.165) is 15.6 Å². The molecule has 1 unspecified atom stereocenters. The van der Waals surface area contributed by atoms with Crippen LogP contribution in [0.15, 0.2) is 0 Å². The van der Waals surface area contributed by atoms with E-state index < -0.39 is 0 Å². The first-order chi connectivity index (χ1) is 8.04. The van der Waals surface area contributed by atoms with Crippen molar-refractivity contribution in [1.82, 2.24) is 15.6 Å². The van der Waals surface area contributed by atoms with E-state index in [2.05, 4.69) is 15.6 Å². The first-order valence-electron chi connectivity index (χ1n) is 5.35. The number of carbonyl (C=O) groups excluding carboxylic acids is 1. The molecule has 1 aromatic heterocycles. The summed E-state index contributed by atoms with van der Waals surface area (Å²) in [5, 5.41) is 14.9. The number of aromatic nitrogens is 1. The van der Waals surface area contributed by atoms with Gasteiger partial charge in [0.25, 0.3) is 0 Å². The number of aryl methyl sites for hydroxylation is 2. The lowest BCUT2D eigenvalue weighted by atomic mass is 10.2.